The molecular formula is C14H13N3O2. The minimum absolute atomic E-state index is 0.281. The highest BCUT2D eigenvalue weighted by molar-refractivity contribution is 5.70. The Morgan fingerprint density at radius 3 is 2.95 bits per heavy atom. The first-order valence-corrected chi connectivity index (χ1v) is 5.99. The van der Waals surface area contributed by atoms with Gasteiger partial charge in [0.15, 0.2) is 0 Å². The van der Waals surface area contributed by atoms with E-state index in [0.29, 0.717) is 6.54 Å². The maximum atomic E-state index is 11.9. The van der Waals surface area contributed by atoms with Gasteiger partial charge in [-0.25, -0.2) is 9.78 Å². The zero-order valence-electron chi connectivity index (χ0n) is 10.3. The average molecular weight is 255 g/mol. The van der Waals surface area contributed by atoms with Crippen molar-refractivity contribution in [1.29, 1.82) is 0 Å². The lowest BCUT2D eigenvalue weighted by Crippen LogP contribution is -2.29. The second-order valence-corrected chi connectivity index (χ2v) is 4.26. The summed E-state index contributed by atoms with van der Waals surface area (Å²) in [4.78, 5) is 17.5. The van der Waals surface area contributed by atoms with Gasteiger partial charge in [0.2, 0.25) is 0 Å². The Hall–Kier alpha value is -2.56. The Morgan fingerprint density at radius 1 is 1.26 bits per heavy atom. The molecule has 19 heavy (non-hydrogen) atoms. The van der Waals surface area contributed by atoms with Crippen molar-refractivity contribution in [3.05, 3.63) is 60.3 Å². The van der Waals surface area contributed by atoms with Crippen molar-refractivity contribution in [1.82, 2.24) is 14.5 Å². The van der Waals surface area contributed by atoms with Crippen LogP contribution >= 0.6 is 0 Å². The van der Waals surface area contributed by atoms with Crippen LogP contribution in [-0.2, 0) is 17.9 Å². The lowest BCUT2D eigenvalue weighted by molar-refractivity contribution is 0.108. The summed E-state index contributed by atoms with van der Waals surface area (Å²) in [5, 5.41) is 0. The predicted octanol–water partition coefficient (Wildman–Crippen LogP) is 2.46. The van der Waals surface area contributed by atoms with Crippen molar-refractivity contribution in [2.45, 2.75) is 13.2 Å². The lowest BCUT2D eigenvalue weighted by Gasteiger charge is -2.21. The topological polar surface area (TPSA) is 47.4 Å². The molecule has 2 aromatic rings. The van der Waals surface area contributed by atoms with Gasteiger partial charge in [0, 0.05) is 12.4 Å². The van der Waals surface area contributed by atoms with Crippen LogP contribution in [0.15, 0.2) is 49.1 Å². The molecule has 0 radical (unpaired) electrons. The molecule has 0 N–H and O–H groups in total. The van der Waals surface area contributed by atoms with Crippen LogP contribution in [0.1, 0.15) is 11.3 Å². The molecule has 1 aliphatic rings. The summed E-state index contributed by atoms with van der Waals surface area (Å²) in [6.07, 6.45) is 6.57. The van der Waals surface area contributed by atoms with E-state index in [-0.39, 0.29) is 12.7 Å². The third kappa shape index (κ3) is 2.49. The SMILES string of the molecule is O=C(OCc1ccccc1)N1C=Cn2cncc2C1. The van der Waals surface area contributed by atoms with E-state index in [1.165, 1.54) is 4.90 Å². The van der Waals surface area contributed by atoms with Crippen molar-refractivity contribution >= 4 is 12.3 Å². The number of amides is 1. The third-order valence-electron chi connectivity index (χ3n) is 2.93. The molecule has 0 aliphatic carbocycles. The molecule has 0 atom stereocenters. The fourth-order valence-electron chi connectivity index (χ4n) is 1.90. The highest BCUT2D eigenvalue weighted by Crippen LogP contribution is 2.13. The van der Waals surface area contributed by atoms with Crippen LogP contribution in [-0.4, -0.2) is 20.5 Å². The van der Waals surface area contributed by atoms with Crippen LogP contribution in [0.2, 0.25) is 0 Å². The number of carbonyl (C=O) groups excluding carboxylic acids is 1. The molecule has 1 aromatic carbocycles. The van der Waals surface area contributed by atoms with Crippen LogP contribution in [0, 0.1) is 0 Å². The normalized spacial score (nSPS) is 13.2. The summed E-state index contributed by atoms with van der Waals surface area (Å²) in [7, 11) is 0. The van der Waals surface area contributed by atoms with Gasteiger partial charge in [0.05, 0.1) is 24.8 Å². The molecule has 3 rings (SSSR count). The molecule has 0 spiro atoms. The molecule has 0 bridgehead atoms. The number of aromatic nitrogens is 2. The lowest BCUT2D eigenvalue weighted by atomic mass is 10.2. The summed E-state index contributed by atoms with van der Waals surface area (Å²) in [6.45, 7) is 0.757. The number of nitrogens with zero attached hydrogens (tertiary/aromatic N) is 3. The number of fused-ring (bicyclic) bond motifs is 1. The van der Waals surface area contributed by atoms with Crippen molar-refractivity contribution in [3.8, 4) is 0 Å². The summed E-state index contributed by atoms with van der Waals surface area (Å²) < 4.78 is 7.14. The number of hydrogen-bond acceptors (Lipinski definition) is 3. The summed E-state index contributed by atoms with van der Waals surface area (Å²) in [5.41, 5.74) is 1.93. The van der Waals surface area contributed by atoms with E-state index in [1.54, 1.807) is 24.9 Å². The first-order chi connectivity index (χ1) is 9.33. The highest BCUT2D eigenvalue weighted by Gasteiger charge is 2.18. The van der Waals surface area contributed by atoms with Gasteiger partial charge in [-0.05, 0) is 5.56 Å². The number of hydrogen-bond donors (Lipinski definition) is 0. The smallest absolute Gasteiger partial charge is 0.414 e. The summed E-state index contributed by atoms with van der Waals surface area (Å²) in [5.74, 6) is 0. The number of benzene rings is 1. The molecule has 0 saturated carbocycles. The highest BCUT2D eigenvalue weighted by atomic mass is 16.6. The van der Waals surface area contributed by atoms with Crippen molar-refractivity contribution in [2.24, 2.45) is 0 Å². The van der Waals surface area contributed by atoms with Crippen molar-refractivity contribution in [3.63, 3.8) is 0 Å². The fraction of sp³-hybridized carbons (Fsp3) is 0.143. The molecule has 1 aromatic heterocycles. The van der Waals surface area contributed by atoms with Gasteiger partial charge in [0.1, 0.15) is 6.61 Å². The van der Waals surface area contributed by atoms with Crippen molar-refractivity contribution < 1.29 is 9.53 Å². The third-order valence-corrected chi connectivity index (χ3v) is 2.93. The Balaban J connectivity index is 1.60. The second-order valence-electron chi connectivity index (χ2n) is 4.26. The van der Waals surface area contributed by atoms with Crippen LogP contribution in [0.3, 0.4) is 0 Å². The molecule has 96 valence electrons. The first kappa shape index (κ1) is 11.5. The first-order valence-electron chi connectivity index (χ1n) is 5.99. The number of rotatable bonds is 2. The van der Waals surface area contributed by atoms with Crippen LogP contribution < -0.4 is 0 Å². The van der Waals surface area contributed by atoms with E-state index in [2.05, 4.69) is 4.98 Å². The van der Waals surface area contributed by atoms with Crippen molar-refractivity contribution in [2.75, 3.05) is 0 Å². The average Bonchev–Trinajstić information content (AvgIpc) is 2.93. The molecule has 2 heterocycles. The Morgan fingerprint density at radius 2 is 2.11 bits per heavy atom. The van der Waals surface area contributed by atoms with Gasteiger partial charge in [-0.3, -0.25) is 4.90 Å². The van der Waals surface area contributed by atoms with Gasteiger partial charge in [-0.15, -0.1) is 0 Å². The van der Waals surface area contributed by atoms with Gasteiger partial charge >= 0.3 is 6.09 Å². The quantitative estimate of drug-likeness (QED) is 0.828. The van der Waals surface area contributed by atoms with Crippen LogP contribution in [0.5, 0.6) is 0 Å². The Kier molecular flexibility index (Phi) is 3.02. The Labute approximate surface area is 110 Å². The Bertz CT molecular complexity index is 604. The number of imidazole rings is 1. The van der Waals surface area contributed by atoms with E-state index in [1.807, 2.05) is 34.9 Å². The standard InChI is InChI=1S/C14H13N3O2/c18-14(19-10-12-4-2-1-3-5-12)16-6-7-17-11-15-8-13(17)9-16/h1-8,11H,9-10H2. The van der Waals surface area contributed by atoms with E-state index < -0.39 is 0 Å². The molecule has 0 fully saturated rings. The molecule has 5 nitrogen and oxygen atoms in total. The minimum atomic E-state index is -0.354. The second kappa shape index (κ2) is 4.97. The molecule has 0 unspecified atom stereocenters. The number of ether oxygens (including phenoxy) is 1. The molecular weight excluding hydrogens is 242 g/mol. The van der Waals surface area contributed by atoms with E-state index in [0.717, 1.165) is 11.3 Å². The van der Waals surface area contributed by atoms with Gasteiger partial charge < -0.3 is 9.30 Å². The van der Waals surface area contributed by atoms with Crippen LogP contribution in [0.25, 0.3) is 6.20 Å². The maximum Gasteiger partial charge on any atom is 0.414 e. The zero-order chi connectivity index (χ0) is 13.1. The van der Waals surface area contributed by atoms with E-state index >= 15 is 0 Å². The molecule has 5 heteroatoms. The fourth-order valence-corrected chi connectivity index (χ4v) is 1.90. The monoisotopic (exact) mass is 255 g/mol. The van der Waals surface area contributed by atoms with Crippen LogP contribution in [0.4, 0.5) is 4.79 Å². The van der Waals surface area contributed by atoms with E-state index in [4.69, 9.17) is 4.74 Å². The molecule has 1 aliphatic heterocycles. The predicted molar refractivity (Wildman–Crippen MR) is 69.7 cm³/mol. The molecule has 1 amide bonds. The summed E-state index contributed by atoms with van der Waals surface area (Å²) in [6, 6.07) is 9.62. The minimum Gasteiger partial charge on any atom is -0.444 e. The van der Waals surface area contributed by atoms with Gasteiger partial charge in [-0.2, -0.15) is 0 Å². The molecule has 0 saturated heterocycles. The zero-order valence-corrected chi connectivity index (χ0v) is 10.3. The van der Waals surface area contributed by atoms with Gasteiger partial charge in [-0.1, -0.05) is 30.3 Å². The largest absolute Gasteiger partial charge is 0.444 e. The number of carbonyl (C=O) groups is 1. The maximum absolute atomic E-state index is 11.9. The summed E-state index contributed by atoms with van der Waals surface area (Å²) >= 11 is 0. The van der Waals surface area contributed by atoms with E-state index in [9.17, 15) is 4.79 Å². The van der Waals surface area contributed by atoms with Gasteiger partial charge in [0.25, 0.3) is 0 Å².